The molecular weight excluding hydrogens is 256 g/mol. The number of benzene rings is 1. The Bertz CT molecular complexity index is 705. The molecule has 0 bridgehead atoms. The van der Waals surface area contributed by atoms with E-state index in [0.717, 1.165) is 17.7 Å². The first-order valence-corrected chi connectivity index (χ1v) is 6.43. The van der Waals surface area contributed by atoms with Crippen LogP contribution in [0.2, 0.25) is 0 Å². The van der Waals surface area contributed by atoms with Crippen LogP contribution < -0.4 is 5.43 Å². The average Bonchev–Trinajstić information content (AvgIpc) is 2.41. The zero-order valence-corrected chi connectivity index (χ0v) is 11.5. The molecule has 2 rings (SSSR count). The van der Waals surface area contributed by atoms with Gasteiger partial charge >= 0.3 is 5.97 Å². The van der Waals surface area contributed by atoms with E-state index in [2.05, 4.69) is 5.10 Å². The molecule has 1 N–H and O–H groups in total. The maximum Gasteiger partial charge on any atom is 0.309 e. The minimum Gasteiger partial charge on any atom is -0.481 e. The Labute approximate surface area is 116 Å². The number of carbonyl (C=O) groups is 1. The molecule has 1 aromatic carbocycles. The SMILES string of the molecule is CCc1ccccc1-n1nc(CC(=O)O)c(=O)cc1C. The number of nitrogens with zero attached hydrogens (tertiary/aromatic N) is 2. The lowest BCUT2D eigenvalue weighted by Crippen LogP contribution is -2.21. The fourth-order valence-electron chi connectivity index (χ4n) is 2.11. The zero-order chi connectivity index (χ0) is 14.7. The predicted molar refractivity (Wildman–Crippen MR) is 75.3 cm³/mol. The van der Waals surface area contributed by atoms with Gasteiger partial charge in [0.1, 0.15) is 5.69 Å². The van der Waals surface area contributed by atoms with Crippen LogP contribution in [-0.4, -0.2) is 20.9 Å². The largest absolute Gasteiger partial charge is 0.481 e. The standard InChI is InChI=1S/C15H16N2O3/c1-3-11-6-4-5-7-13(11)17-10(2)8-14(18)12(16-17)9-15(19)20/h4-8H,3,9H2,1-2H3,(H,19,20). The summed E-state index contributed by atoms with van der Waals surface area (Å²) in [5, 5.41) is 13.0. The second-order valence-electron chi connectivity index (χ2n) is 4.56. The van der Waals surface area contributed by atoms with Crippen LogP contribution in [0, 0.1) is 6.92 Å². The van der Waals surface area contributed by atoms with Crippen LogP contribution in [0.15, 0.2) is 35.1 Å². The van der Waals surface area contributed by atoms with Crippen molar-refractivity contribution in [3.05, 3.63) is 57.5 Å². The molecule has 0 unspecified atom stereocenters. The lowest BCUT2D eigenvalue weighted by atomic mass is 10.1. The number of para-hydroxylation sites is 1. The molecule has 5 heteroatoms. The summed E-state index contributed by atoms with van der Waals surface area (Å²) in [5.41, 5.74) is 2.36. The maximum atomic E-state index is 11.8. The van der Waals surface area contributed by atoms with E-state index in [-0.39, 0.29) is 17.5 Å². The Kier molecular flexibility index (Phi) is 3.98. The molecule has 0 fully saturated rings. The second kappa shape index (κ2) is 5.69. The van der Waals surface area contributed by atoms with Crippen molar-refractivity contribution < 1.29 is 9.90 Å². The third-order valence-electron chi connectivity index (χ3n) is 3.10. The summed E-state index contributed by atoms with van der Waals surface area (Å²) in [7, 11) is 0. The number of aryl methyl sites for hydroxylation is 2. The molecule has 0 saturated heterocycles. The molecule has 0 atom stereocenters. The molecule has 5 nitrogen and oxygen atoms in total. The lowest BCUT2D eigenvalue weighted by molar-refractivity contribution is -0.136. The molecule has 20 heavy (non-hydrogen) atoms. The van der Waals surface area contributed by atoms with Crippen LogP contribution in [0.3, 0.4) is 0 Å². The first kappa shape index (κ1) is 14.0. The fourth-order valence-corrected chi connectivity index (χ4v) is 2.11. The highest BCUT2D eigenvalue weighted by molar-refractivity contribution is 5.69. The van der Waals surface area contributed by atoms with Crippen molar-refractivity contribution in [2.24, 2.45) is 0 Å². The minimum atomic E-state index is -1.06. The topological polar surface area (TPSA) is 72.2 Å². The number of hydrogen-bond acceptors (Lipinski definition) is 3. The van der Waals surface area contributed by atoms with Crippen molar-refractivity contribution in [3.63, 3.8) is 0 Å². The lowest BCUT2D eigenvalue weighted by Gasteiger charge is -2.14. The van der Waals surface area contributed by atoms with Gasteiger partial charge in [0, 0.05) is 11.8 Å². The van der Waals surface area contributed by atoms with Gasteiger partial charge in [0.2, 0.25) is 5.43 Å². The van der Waals surface area contributed by atoms with E-state index in [4.69, 9.17) is 5.11 Å². The maximum absolute atomic E-state index is 11.8. The highest BCUT2D eigenvalue weighted by atomic mass is 16.4. The number of aromatic nitrogens is 2. The second-order valence-corrected chi connectivity index (χ2v) is 4.56. The molecule has 0 amide bonds. The Morgan fingerprint density at radius 2 is 2.05 bits per heavy atom. The quantitative estimate of drug-likeness (QED) is 0.920. The number of carboxylic acids is 1. The number of aliphatic carboxylic acids is 1. The molecule has 0 saturated carbocycles. The van der Waals surface area contributed by atoms with Gasteiger partial charge in [-0.25, -0.2) is 4.68 Å². The molecule has 104 valence electrons. The first-order chi connectivity index (χ1) is 9.52. The van der Waals surface area contributed by atoms with E-state index in [0.29, 0.717) is 5.69 Å². The van der Waals surface area contributed by atoms with Gasteiger partial charge in [-0.05, 0) is 25.0 Å². The summed E-state index contributed by atoms with van der Waals surface area (Å²) >= 11 is 0. The predicted octanol–water partition coefficient (Wildman–Crippen LogP) is 1.73. The molecule has 1 heterocycles. The number of carboxylic acid groups (broad SMARTS) is 1. The fraction of sp³-hybridized carbons (Fsp3) is 0.267. The van der Waals surface area contributed by atoms with Crippen LogP contribution >= 0.6 is 0 Å². The van der Waals surface area contributed by atoms with Crippen molar-refractivity contribution in [2.45, 2.75) is 26.7 Å². The van der Waals surface area contributed by atoms with Gasteiger partial charge in [-0.15, -0.1) is 0 Å². The number of rotatable bonds is 4. The third-order valence-corrected chi connectivity index (χ3v) is 3.10. The molecule has 0 radical (unpaired) electrons. The molecule has 0 aliphatic heterocycles. The normalized spacial score (nSPS) is 10.5. The van der Waals surface area contributed by atoms with Crippen LogP contribution in [0.5, 0.6) is 0 Å². The van der Waals surface area contributed by atoms with Gasteiger partial charge in [0.25, 0.3) is 0 Å². The molecule has 0 aliphatic carbocycles. The summed E-state index contributed by atoms with van der Waals surface area (Å²) in [6, 6.07) is 9.17. The highest BCUT2D eigenvalue weighted by Crippen LogP contribution is 2.15. The highest BCUT2D eigenvalue weighted by Gasteiger charge is 2.12. The monoisotopic (exact) mass is 272 g/mol. The minimum absolute atomic E-state index is 0.0500. The van der Waals surface area contributed by atoms with E-state index < -0.39 is 5.97 Å². The van der Waals surface area contributed by atoms with Crippen LogP contribution in [0.4, 0.5) is 0 Å². The average molecular weight is 272 g/mol. The van der Waals surface area contributed by atoms with Gasteiger partial charge < -0.3 is 5.11 Å². The molecular formula is C15H16N2O3. The van der Waals surface area contributed by atoms with Gasteiger partial charge in [0.15, 0.2) is 0 Å². The number of hydrogen-bond donors (Lipinski definition) is 1. The molecule has 0 aliphatic rings. The Hall–Kier alpha value is -2.43. The van der Waals surface area contributed by atoms with Crippen LogP contribution in [0.1, 0.15) is 23.9 Å². The van der Waals surface area contributed by atoms with Crippen molar-refractivity contribution in [1.29, 1.82) is 0 Å². The van der Waals surface area contributed by atoms with E-state index in [1.165, 1.54) is 6.07 Å². The van der Waals surface area contributed by atoms with Crippen molar-refractivity contribution in [2.75, 3.05) is 0 Å². The van der Waals surface area contributed by atoms with Crippen molar-refractivity contribution >= 4 is 5.97 Å². The summed E-state index contributed by atoms with van der Waals surface area (Å²) in [5.74, 6) is -1.06. The Balaban J connectivity index is 2.62. The Morgan fingerprint density at radius 3 is 2.70 bits per heavy atom. The van der Waals surface area contributed by atoms with Crippen LogP contribution in [-0.2, 0) is 17.6 Å². The van der Waals surface area contributed by atoms with Gasteiger partial charge in [-0.3, -0.25) is 9.59 Å². The Morgan fingerprint density at radius 1 is 1.35 bits per heavy atom. The smallest absolute Gasteiger partial charge is 0.309 e. The van der Waals surface area contributed by atoms with Gasteiger partial charge in [-0.2, -0.15) is 5.10 Å². The summed E-state index contributed by atoms with van der Waals surface area (Å²) < 4.78 is 1.64. The van der Waals surface area contributed by atoms with E-state index in [1.807, 2.05) is 31.2 Å². The van der Waals surface area contributed by atoms with Gasteiger partial charge in [-0.1, -0.05) is 25.1 Å². The summed E-state index contributed by atoms with van der Waals surface area (Å²) in [4.78, 5) is 22.6. The van der Waals surface area contributed by atoms with E-state index in [9.17, 15) is 9.59 Å². The van der Waals surface area contributed by atoms with Crippen molar-refractivity contribution in [3.8, 4) is 5.69 Å². The van der Waals surface area contributed by atoms with Crippen LogP contribution in [0.25, 0.3) is 5.69 Å². The molecule has 2 aromatic rings. The molecule has 1 aromatic heterocycles. The van der Waals surface area contributed by atoms with Crippen molar-refractivity contribution in [1.82, 2.24) is 9.78 Å². The van der Waals surface area contributed by atoms with Gasteiger partial charge in [0.05, 0.1) is 12.1 Å². The third kappa shape index (κ3) is 2.77. The van der Waals surface area contributed by atoms with E-state index >= 15 is 0 Å². The van der Waals surface area contributed by atoms with E-state index in [1.54, 1.807) is 11.6 Å². The zero-order valence-electron chi connectivity index (χ0n) is 11.5. The molecule has 0 spiro atoms. The summed E-state index contributed by atoms with van der Waals surface area (Å²) in [6.45, 7) is 3.82. The first-order valence-electron chi connectivity index (χ1n) is 6.43. The summed E-state index contributed by atoms with van der Waals surface area (Å²) in [6.07, 6.45) is 0.463.